The highest BCUT2D eigenvalue weighted by atomic mass is 35.5. The van der Waals surface area contributed by atoms with Gasteiger partial charge in [0.2, 0.25) is 10.9 Å². The second-order valence-corrected chi connectivity index (χ2v) is 13.2. The number of hydrogen-bond acceptors (Lipinski definition) is 8. The lowest BCUT2D eigenvalue weighted by Crippen LogP contribution is -2.57. The molecule has 2 aromatic heterocycles. The number of carboxylic acid groups (broad SMARTS) is 1. The number of nitrogens with zero attached hydrogens (tertiary/aromatic N) is 4. The molecule has 51 heavy (non-hydrogen) atoms. The van der Waals surface area contributed by atoms with Crippen molar-refractivity contribution < 1.29 is 42.5 Å². The molecule has 1 aromatic carbocycles. The molecule has 7 rings (SSSR count). The van der Waals surface area contributed by atoms with E-state index in [-0.39, 0.29) is 64.3 Å². The first-order chi connectivity index (χ1) is 24.2. The molecule has 0 radical (unpaired) electrons. The first kappa shape index (κ1) is 36.2. The number of fused-ring (bicyclic) bond motifs is 4. The van der Waals surface area contributed by atoms with Crippen molar-refractivity contribution in [1.29, 1.82) is 0 Å². The lowest BCUT2D eigenvalue weighted by atomic mass is 10.1. The maximum atomic E-state index is 13.8. The topological polar surface area (TPSA) is 169 Å². The second-order valence-electron chi connectivity index (χ2n) is 12.4. The van der Waals surface area contributed by atoms with Crippen molar-refractivity contribution in [3.05, 3.63) is 101 Å². The number of amides is 3. The van der Waals surface area contributed by atoms with Gasteiger partial charge in [-0.15, -0.1) is 0 Å². The summed E-state index contributed by atoms with van der Waals surface area (Å²) in [7, 11) is 0. The van der Waals surface area contributed by atoms with Gasteiger partial charge >= 0.3 is 5.97 Å². The van der Waals surface area contributed by atoms with Gasteiger partial charge in [0, 0.05) is 42.7 Å². The maximum Gasteiger partial charge on any atom is 0.341 e. The lowest BCUT2D eigenvalue weighted by molar-refractivity contribution is -0.112. The minimum Gasteiger partial charge on any atom is -0.477 e. The smallest absolute Gasteiger partial charge is 0.341 e. The van der Waals surface area contributed by atoms with Crippen molar-refractivity contribution in [2.45, 2.75) is 70.9 Å². The van der Waals surface area contributed by atoms with E-state index in [0.29, 0.717) is 32.1 Å². The van der Waals surface area contributed by atoms with Crippen LogP contribution in [-0.2, 0) is 29.1 Å². The number of pyridine rings is 2. The number of carbonyl (C=O) groups excluding carboxylic acids is 3. The van der Waals surface area contributed by atoms with Crippen LogP contribution in [0.3, 0.4) is 0 Å². The number of aromatic carboxylic acids is 1. The molecule has 270 valence electrons. The van der Waals surface area contributed by atoms with E-state index >= 15 is 0 Å². The Morgan fingerprint density at radius 1 is 0.843 bits per heavy atom. The minimum atomic E-state index is -1.37. The van der Waals surface area contributed by atoms with E-state index in [1.54, 1.807) is 9.80 Å². The van der Waals surface area contributed by atoms with Gasteiger partial charge in [0.15, 0.2) is 12.5 Å². The molecule has 2 saturated heterocycles. The van der Waals surface area contributed by atoms with Crippen LogP contribution < -0.4 is 16.2 Å². The summed E-state index contributed by atoms with van der Waals surface area (Å²) >= 11 is 12.1. The summed E-state index contributed by atoms with van der Waals surface area (Å²) in [6.07, 6.45) is 2.81. The van der Waals surface area contributed by atoms with Crippen molar-refractivity contribution in [2.24, 2.45) is 0 Å². The average Bonchev–Trinajstić information content (AvgIpc) is 3.07. The molecule has 2 fully saturated rings. The fourth-order valence-electron chi connectivity index (χ4n) is 6.51. The van der Waals surface area contributed by atoms with Crippen molar-refractivity contribution >= 4 is 46.9 Å². The number of halogens is 4. The SMILES string of the molecule is C[C@@H]1CCO[C@H]2Cn3cc(C(=O)NCc4ccc(F)cc4F)c(=O)c(Cl)c3C(=O)N12.C[C@@H]1CCO[C@H]2Cn3cc(C(=O)O)c(=O)c(Cl)c3C(=O)N12. The molecule has 4 atom stereocenters. The third kappa shape index (κ3) is 6.64. The Hall–Kier alpha value is -4.64. The monoisotopic (exact) mass is 749 g/mol. The highest BCUT2D eigenvalue weighted by molar-refractivity contribution is 6.34. The molecule has 4 aliphatic heterocycles. The van der Waals surface area contributed by atoms with Crippen LogP contribution in [0.15, 0.2) is 40.2 Å². The Labute approximate surface area is 298 Å². The van der Waals surface area contributed by atoms with E-state index in [1.807, 2.05) is 13.8 Å². The summed E-state index contributed by atoms with van der Waals surface area (Å²) in [5, 5.41) is 10.8. The van der Waals surface area contributed by atoms with Crippen LogP contribution in [0.2, 0.25) is 10.0 Å². The molecule has 3 aromatic rings. The van der Waals surface area contributed by atoms with Crippen molar-refractivity contribution in [3.8, 4) is 0 Å². The maximum absolute atomic E-state index is 13.8. The quantitative estimate of drug-likeness (QED) is 0.407. The summed E-state index contributed by atoms with van der Waals surface area (Å²) in [6.45, 7) is 5.05. The van der Waals surface area contributed by atoms with Crippen LogP contribution in [0.1, 0.15) is 73.9 Å². The number of benzene rings is 1. The zero-order valence-electron chi connectivity index (χ0n) is 27.2. The molecule has 0 unspecified atom stereocenters. The Balaban J connectivity index is 0.000000187. The Kier molecular flexibility index (Phi) is 10.0. The Morgan fingerprint density at radius 3 is 1.82 bits per heavy atom. The molecule has 0 bridgehead atoms. The van der Waals surface area contributed by atoms with Crippen molar-refractivity contribution in [2.75, 3.05) is 13.2 Å². The molecule has 14 nitrogen and oxygen atoms in total. The minimum absolute atomic E-state index is 0.0106. The van der Waals surface area contributed by atoms with Gasteiger partial charge in [-0.05, 0) is 32.8 Å². The number of nitrogens with one attached hydrogen (secondary N) is 1. The van der Waals surface area contributed by atoms with Gasteiger partial charge in [-0.2, -0.15) is 0 Å². The molecule has 0 aliphatic carbocycles. The van der Waals surface area contributed by atoms with Crippen LogP contribution in [0.4, 0.5) is 8.78 Å². The molecule has 3 amide bonds. The summed E-state index contributed by atoms with van der Waals surface area (Å²) in [4.78, 5) is 76.9. The zero-order valence-corrected chi connectivity index (χ0v) is 28.7. The standard InChI is InChI=1S/C20H18ClF2N3O4.C13H13ClN2O5/c1-10-4-5-30-15-9-25-8-13(18(27)16(21)17(25)20(29)26(10)15)19(28)24-7-11-2-3-12(22)6-14(11)23;1-6-2-3-21-8-5-15-4-7(13(19)20)11(17)9(14)10(15)12(18)16(6)8/h2-3,6,8,10,15H,4-5,7,9H2,1H3,(H,24,28);4,6,8H,2-3,5H2,1H3,(H,19,20)/t10-,15+;6-,8+/m11/s1. The third-order valence-corrected chi connectivity index (χ3v) is 9.92. The molecule has 6 heterocycles. The fraction of sp³-hybridized carbons (Fsp3) is 0.394. The second kappa shape index (κ2) is 14.2. The van der Waals surface area contributed by atoms with Gasteiger partial charge in [0.25, 0.3) is 17.7 Å². The van der Waals surface area contributed by atoms with Crippen LogP contribution in [0.5, 0.6) is 0 Å². The molecule has 2 N–H and O–H groups in total. The fourth-order valence-corrected chi connectivity index (χ4v) is 7.10. The molecule has 0 spiro atoms. The third-order valence-electron chi connectivity index (χ3n) is 9.22. The summed E-state index contributed by atoms with van der Waals surface area (Å²) in [6, 6.07) is 2.89. The van der Waals surface area contributed by atoms with Crippen molar-refractivity contribution in [1.82, 2.24) is 24.3 Å². The number of carbonyl (C=O) groups is 4. The van der Waals surface area contributed by atoms with Gasteiger partial charge in [-0.3, -0.25) is 24.0 Å². The predicted molar refractivity (Wildman–Crippen MR) is 176 cm³/mol. The highest BCUT2D eigenvalue weighted by Gasteiger charge is 2.42. The Bertz CT molecular complexity index is 2090. The number of hydrogen-bond donors (Lipinski definition) is 2. The van der Waals surface area contributed by atoms with Crippen LogP contribution in [-0.4, -0.2) is 85.5 Å². The number of carboxylic acids is 1. The number of ether oxygens (including phenoxy) is 2. The molecule has 18 heteroatoms. The molecule has 0 saturated carbocycles. The van der Waals surface area contributed by atoms with E-state index in [0.717, 1.165) is 12.3 Å². The number of aromatic nitrogens is 2. The van der Waals surface area contributed by atoms with Crippen LogP contribution in [0.25, 0.3) is 0 Å². The first-order valence-electron chi connectivity index (χ1n) is 15.9. The molecular formula is C33H31Cl2F2N5O9. The van der Waals surface area contributed by atoms with Crippen molar-refractivity contribution in [3.63, 3.8) is 0 Å². The first-order valence-corrected chi connectivity index (χ1v) is 16.6. The van der Waals surface area contributed by atoms with E-state index in [1.165, 1.54) is 21.4 Å². The molecule has 4 aliphatic rings. The largest absolute Gasteiger partial charge is 0.477 e. The zero-order chi connectivity index (χ0) is 36.9. The van der Waals surface area contributed by atoms with Crippen LogP contribution in [0, 0.1) is 11.6 Å². The highest BCUT2D eigenvalue weighted by Crippen LogP contribution is 2.30. The lowest BCUT2D eigenvalue weighted by Gasteiger charge is -2.44. The van der Waals surface area contributed by atoms with Gasteiger partial charge in [0.1, 0.15) is 44.2 Å². The molecular weight excluding hydrogens is 719 g/mol. The normalized spacial score (nSPS) is 22.2. The van der Waals surface area contributed by atoms with Gasteiger partial charge in [0.05, 0.1) is 26.3 Å². The van der Waals surface area contributed by atoms with Gasteiger partial charge in [-0.1, -0.05) is 29.3 Å². The van der Waals surface area contributed by atoms with E-state index in [9.17, 15) is 37.5 Å². The van der Waals surface area contributed by atoms with Crippen LogP contribution >= 0.6 is 23.2 Å². The number of rotatable bonds is 4. The van der Waals surface area contributed by atoms with E-state index < -0.39 is 64.2 Å². The summed E-state index contributed by atoms with van der Waals surface area (Å²) < 4.78 is 40.9. The van der Waals surface area contributed by atoms with Gasteiger partial charge in [-0.25, -0.2) is 13.6 Å². The Morgan fingerprint density at radius 2 is 1.33 bits per heavy atom. The average molecular weight is 751 g/mol. The summed E-state index contributed by atoms with van der Waals surface area (Å²) in [5.41, 5.74) is -2.27. The predicted octanol–water partition coefficient (Wildman–Crippen LogP) is 3.09. The van der Waals surface area contributed by atoms with E-state index in [2.05, 4.69) is 5.32 Å². The van der Waals surface area contributed by atoms with E-state index in [4.69, 9.17) is 37.8 Å². The van der Waals surface area contributed by atoms with Gasteiger partial charge < -0.3 is 38.8 Å². The summed E-state index contributed by atoms with van der Waals surface area (Å²) in [5.74, 6) is -4.54.